The minimum absolute atomic E-state index is 0.222. The Balaban J connectivity index is 2.44. The van der Waals surface area contributed by atoms with Gasteiger partial charge in [0.25, 0.3) is 0 Å². The van der Waals surface area contributed by atoms with Crippen LogP contribution in [0.3, 0.4) is 0 Å². The van der Waals surface area contributed by atoms with E-state index in [2.05, 4.69) is 0 Å². The third kappa shape index (κ3) is 2.81. The van der Waals surface area contributed by atoms with Gasteiger partial charge in [0.1, 0.15) is 17.3 Å². The van der Waals surface area contributed by atoms with Crippen molar-refractivity contribution in [1.82, 2.24) is 0 Å². The lowest BCUT2D eigenvalue weighted by atomic mass is 10.1. The van der Waals surface area contributed by atoms with E-state index in [4.69, 9.17) is 4.74 Å². The molecule has 0 saturated heterocycles. The number of ketones is 1. The molecule has 0 atom stereocenters. The fraction of sp³-hybridized carbons (Fsp3) is 0.188. The second-order valence-electron chi connectivity index (χ2n) is 4.50. The van der Waals surface area contributed by atoms with Crippen LogP contribution in [0.5, 0.6) is 11.5 Å². The Bertz CT molecular complexity index is 633. The van der Waals surface area contributed by atoms with E-state index in [9.17, 15) is 9.18 Å². The zero-order valence-corrected chi connectivity index (χ0v) is 11.2. The van der Waals surface area contributed by atoms with Crippen molar-refractivity contribution in [3.8, 4) is 11.5 Å². The van der Waals surface area contributed by atoms with Crippen LogP contribution in [0.4, 0.5) is 4.39 Å². The summed E-state index contributed by atoms with van der Waals surface area (Å²) >= 11 is 0. The minimum atomic E-state index is -0.446. The number of hydrogen-bond acceptors (Lipinski definition) is 2. The summed E-state index contributed by atoms with van der Waals surface area (Å²) in [6.07, 6.45) is 0. The molecule has 0 aliphatic rings. The van der Waals surface area contributed by atoms with E-state index >= 15 is 0 Å². The molecule has 0 amide bonds. The van der Waals surface area contributed by atoms with Crippen molar-refractivity contribution in [1.29, 1.82) is 0 Å². The van der Waals surface area contributed by atoms with Crippen LogP contribution in [0, 0.1) is 19.7 Å². The van der Waals surface area contributed by atoms with Crippen molar-refractivity contribution >= 4 is 5.78 Å². The average molecular weight is 258 g/mol. The van der Waals surface area contributed by atoms with Crippen LogP contribution in [0.2, 0.25) is 0 Å². The summed E-state index contributed by atoms with van der Waals surface area (Å²) in [4.78, 5) is 11.5. The molecule has 2 nitrogen and oxygen atoms in total. The number of benzene rings is 2. The smallest absolute Gasteiger partial charge is 0.163 e. The maximum absolute atomic E-state index is 13.2. The maximum Gasteiger partial charge on any atom is 0.163 e. The zero-order chi connectivity index (χ0) is 14.0. The molecular weight excluding hydrogens is 243 g/mol. The fourth-order valence-corrected chi connectivity index (χ4v) is 1.82. The summed E-state index contributed by atoms with van der Waals surface area (Å²) in [6.45, 7) is 5.32. The van der Waals surface area contributed by atoms with Crippen molar-refractivity contribution in [2.24, 2.45) is 0 Å². The Morgan fingerprint density at radius 3 is 2.53 bits per heavy atom. The molecule has 0 spiro atoms. The molecule has 0 radical (unpaired) electrons. The van der Waals surface area contributed by atoms with Crippen LogP contribution in [-0.4, -0.2) is 5.78 Å². The normalized spacial score (nSPS) is 10.3. The number of hydrogen-bond donors (Lipinski definition) is 0. The van der Waals surface area contributed by atoms with Gasteiger partial charge in [0.2, 0.25) is 0 Å². The molecule has 98 valence electrons. The second-order valence-corrected chi connectivity index (χ2v) is 4.50. The number of aryl methyl sites for hydroxylation is 1. The van der Waals surface area contributed by atoms with E-state index in [1.54, 1.807) is 0 Å². The van der Waals surface area contributed by atoms with Gasteiger partial charge in [-0.25, -0.2) is 4.39 Å². The first-order valence-electron chi connectivity index (χ1n) is 6.03. The van der Waals surface area contributed by atoms with Gasteiger partial charge in [-0.05, 0) is 56.2 Å². The van der Waals surface area contributed by atoms with Crippen molar-refractivity contribution in [3.63, 3.8) is 0 Å². The van der Waals surface area contributed by atoms with Gasteiger partial charge >= 0.3 is 0 Å². The fourth-order valence-electron chi connectivity index (χ4n) is 1.82. The SMILES string of the molecule is CC(=O)c1cc(F)ccc1Oc1cccc(C)c1C. The van der Waals surface area contributed by atoms with Crippen LogP contribution < -0.4 is 4.74 Å². The van der Waals surface area contributed by atoms with Crippen LogP contribution in [0.1, 0.15) is 28.4 Å². The number of carbonyl (C=O) groups excluding carboxylic acids is 1. The summed E-state index contributed by atoms with van der Waals surface area (Å²) in [5.74, 6) is 0.384. The Hall–Kier alpha value is -2.16. The second kappa shape index (κ2) is 5.22. The minimum Gasteiger partial charge on any atom is -0.456 e. The van der Waals surface area contributed by atoms with E-state index in [1.165, 1.54) is 25.1 Å². The number of ether oxygens (including phenoxy) is 1. The number of rotatable bonds is 3. The van der Waals surface area contributed by atoms with E-state index in [0.717, 1.165) is 11.1 Å². The molecule has 2 aromatic carbocycles. The number of Topliss-reactive ketones (excluding diaryl/α,β-unsaturated/α-hetero) is 1. The first-order chi connectivity index (χ1) is 8.99. The molecule has 0 saturated carbocycles. The highest BCUT2D eigenvalue weighted by Crippen LogP contribution is 2.30. The highest BCUT2D eigenvalue weighted by molar-refractivity contribution is 5.96. The number of carbonyl (C=O) groups is 1. The van der Waals surface area contributed by atoms with E-state index in [0.29, 0.717) is 11.5 Å². The Kier molecular flexibility index (Phi) is 3.65. The van der Waals surface area contributed by atoms with Crippen molar-refractivity contribution in [3.05, 3.63) is 58.9 Å². The molecule has 0 heterocycles. The summed E-state index contributed by atoms with van der Waals surface area (Å²) in [5.41, 5.74) is 2.35. The van der Waals surface area contributed by atoms with Gasteiger partial charge in [-0.15, -0.1) is 0 Å². The van der Waals surface area contributed by atoms with Gasteiger partial charge in [-0.3, -0.25) is 4.79 Å². The monoisotopic (exact) mass is 258 g/mol. The largest absolute Gasteiger partial charge is 0.456 e. The predicted molar refractivity (Wildman–Crippen MR) is 72.4 cm³/mol. The van der Waals surface area contributed by atoms with Crippen molar-refractivity contribution in [2.45, 2.75) is 20.8 Å². The molecule has 0 aliphatic heterocycles. The van der Waals surface area contributed by atoms with E-state index in [1.807, 2.05) is 32.0 Å². The quantitative estimate of drug-likeness (QED) is 0.761. The first-order valence-corrected chi connectivity index (χ1v) is 6.03. The lowest BCUT2D eigenvalue weighted by molar-refractivity contribution is 0.101. The van der Waals surface area contributed by atoms with Crippen LogP contribution in [0.15, 0.2) is 36.4 Å². The van der Waals surface area contributed by atoms with Crippen molar-refractivity contribution in [2.75, 3.05) is 0 Å². The van der Waals surface area contributed by atoms with Gasteiger partial charge in [-0.2, -0.15) is 0 Å². The van der Waals surface area contributed by atoms with Crippen LogP contribution >= 0.6 is 0 Å². The maximum atomic E-state index is 13.2. The highest BCUT2D eigenvalue weighted by atomic mass is 19.1. The third-order valence-electron chi connectivity index (χ3n) is 3.10. The molecule has 0 bridgehead atoms. The molecule has 3 heteroatoms. The Morgan fingerprint density at radius 1 is 1.11 bits per heavy atom. The van der Waals surface area contributed by atoms with Gasteiger partial charge in [-0.1, -0.05) is 12.1 Å². The van der Waals surface area contributed by atoms with Gasteiger partial charge < -0.3 is 4.74 Å². The highest BCUT2D eigenvalue weighted by Gasteiger charge is 2.12. The van der Waals surface area contributed by atoms with Gasteiger partial charge in [0.15, 0.2) is 5.78 Å². The Morgan fingerprint density at radius 2 is 1.84 bits per heavy atom. The first kappa shape index (κ1) is 13.3. The number of halogens is 1. The molecule has 0 fully saturated rings. The predicted octanol–water partition coefficient (Wildman–Crippen LogP) is 4.44. The lowest BCUT2D eigenvalue weighted by Crippen LogP contribution is -1.99. The van der Waals surface area contributed by atoms with E-state index in [-0.39, 0.29) is 11.3 Å². The summed E-state index contributed by atoms with van der Waals surface area (Å²) in [6, 6.07) is 9.66. The topological polar surface area (TPSA) is 26.3 Å². The Labute approximate surface area is 111 Å². The van der Waals surface area contributed by atoms with Crippen LogP contribution in [-0.2, 0) is 0 Å². The standard InChI is InChI=1S/C16H15FO2/c1-10-5-4-6-15(11(10)2)19-16-8-7-13(17)9-14(16)12(3)18/h4-9H,1-3H3. The van der Waals surface area contributed by atoms with Gasteiger partial charge in [0, 0.05) is 0 Å². The molecule has 2 rings (SSSR count). The summed E-state index contributed by atoms with van der Waals surface area (Å²) in [5, 5.41) is 0. The lowest BCUT2D eigenvalue weighted by Gasteiger charge is -2.12. The zero-order valence-electron chi connectivity index (χ0n) is 11.2. The molecule has 0 unspecified atom stereocenters. The molecule has 0 N–H and O–H groups in total. The average Bonchev–Trinajstić information content (AvgIpc) is 2.36. The van der Waals surface area contributed by atoms with E-state index < -0.39 is 5.82 Å². The van der Waals surface area contributed by atoms with Crippen molar-refractivity contribution < 1.29 is 13.9 Å². The third-order valence-corrected chi connectivity index (χ3v) is 3.10. The van der Waals surface area contributed by atoms with Gasteiger partial charge in [0.05, 0.1) is 5.56 Å². The molecule has 2 aromatic rings. The molecule has 0 aliphatic carbocycles. The molecular formula is C16H15FO2. The summed E-state index contributed by atoms with van der Waals surface area (Å²) < 4.78 is 18.9. The van der Waals surface area contributed by atoms with Crippen LogP contribution in [0.25, 0.3) is 0 Å². The molecule has 0 aromatic heterocycles. The summed E-state index contributed by atoms with van der Waals surface area (Å²) in [7, 11) is 0. The molecule has 19 heavy (non-hydrogen) atoms.